The molecule has 0 aliphatic carbocycles. The van der Waals surface area contributed by atoms with Crippen LogP contribution in [0.25, 0.3) is 0 Å². The van der Waals surface area contributed by atoms with Crippen LogP contribution in [0.1, 0.15) is 412 Å². The lowest BCUT2D eigenvalue weighted by atomic mass is 9.97. The number of allylic oxidation sites excluding steroid dienone is 11. The Morgan fingerprint density at radius 2 is 0.651 bits per heavy atom. The van der Waals surface area contributed by atoms with Crippen molar-refractivity contribution in [3.8, 4) is 0 Å². The Labute approximate surface area is 650 Å². The van der Waals surface area contributed by atoms with E-state index in [9.17, 15) is 45.6 Å². The van der Waals surface area contributed by atoms with E-state index in [4.69, 9.17) is 18.9 Å². The summed E-state index contributed by atoms with van der Waals surface area (Å²) in [4.78, 5) is 13.4. The van der Waals surface area contributed by atoms with E-state index in [0.29, 0.717) is 6.42 Å². The fourth-order valence-corrected chi connectivity index (χ4v) is 14.9. The molecule has 0 spiro atoms. The van der Waals surface area contributed by atoms with Crippen LogP contribution in [-0.4, -0.2) is 140 Å². The van der Waals surface area contributed by atoms with Gasteiger partial charge in [-0.3, -0.25) is 4.79 Å². The summed E-state index contributed by atoms with van der Waals surface area (Å²) in [5, 5.41) is 87.9. The van der Waals surface area contributed by atoms with Crippen LogP contribution in [0.5, 0.6) is 0 Å². The molecule has 2 aliphatic heterocycles. The third kappa shape index (κ3) is 56.6. The van der Waals surface area contributed by atoms with Gasteiger partial charge < -0.3 is 65.1 Å². The molecule has 12 unspecified atom stereocenters. The number of carbonyl (C=O) groups excluding carboxylic acids is 1. The Hall–Kier alpha value is -2.57. The van der Waals surface area contributed by atoms with E-state index in [2.05, 4.69) is 79.9 Å². The molecule has 2 fully saturated rings. The van der Waals surface area contributed by atoms with Gasteiger partial charge in [0.05, 0.1) is 32.0 Å². The number of hydrogen-bond acceptors (Lipinski definition) is 13. The molecule has 2 saturated heterocycles. The van der Waals surface area contributed by atoms with E-state index in [1.54, 1.807) is 6.08 Å². The second kappa shape index (κ2) is 75.1. The van der Waals surface area contributed by atoms with Crippen molar-refractivity contribution >= 4 is 5.91 Å². The Balaban J connectivity index is 1.56. The van der Waals surface area contributed by atoms with Gasteiger partial charge in [-0.2, -0.15) is 0 Å². The van der Waals surface area contributed by atoms with Crippen LogP contribution in [0.15, 0.2) is 72.9 Å². The average molecular weight is 1500 g/mol. The summed E-state index contributed by atoms with van der Waals surface area (Å²) in [5.74, 6) is -0.231. The number of aliphatic hydroxyl groups is 8. The number of ether oxygens (including phenoxy) is 4. The number of rotatable bonds is 77. The average Bonchev–Trinajstić information content (AvgIpc) is 0.789. The monoisotopic (exact) mass is 1500 g/mol. The van der Waals surface area contributed by atoms with Gasteiger partial charge in [0.2, 0.25) is 5.91 Å². The van der Waals surface area contributed by atoms with Crippen LogP contribution in [0, 0.1) is 0 Å². The van der Waals surface area contributed by atoms with Crippen molar-refractivity contribution in [2.45, 2.75) is 485 Å². The topological polar surface area (TPSA) is 228 Å². The second-order valence-electron chi connectivity index (χ2n) is 31.7. The van der Waals surface area contributed by atoms with Crippen LogP contribution in [0.4, 0.5) is 0 Å². The highest BCUT2D eigenvalue weighted by Crippen LogP contribution is 2.31. The summed E-state index contributed by atoms with van der Waals surface area (Å²) >= 11 is 0. The molecule has 0 aromatic rings. The molecule has 14 heteroatoms. The Morgan fingerprint density at radius 3 is 1.00 bits per heavy atom. The molecule has 106 heavy (non-hydrogen) atoms. The molecule has 9 N–H and O–H groups in total. The first-order chi connectivity index (χ1) is 52.1. The third-order valence-electron chi connectivity index (χ3n) is 21.9. The molecule has 2 rings (SSSR count). The van der Waals surface area contributed by atoms with Crippen molar-refractivity contribution < 1.29 is 64.6 Å². The van der Waals surface area contributed by atoms with Gasteiger partial charge in [0.25, 0.3) is 0 Å². The summed E-state index contributed by atoms with van der Waals surface area (Å²) in [7, 11) is 0. The Bertz CT molecular complexity index is 2060. The summed E-state index contributed by atoms with van der Waals surface area (Å²) in [6.07, 6.45) is 88.8. The predicted molar refractivity (Wildman–Crippen MR) is 443 cm³/mol. The largest absolute Gasteiger partial charge is 0.394 e. The van der Waals surface area contributed by atoms with Gasteiger partial charge in [-0.1, -0.05) is 414 Å². The zero-order chi connectivity index (χ0) is 76.5. The van der Waals surface area contributed by atoms with E-state index in [0.717, 1.165) is 70.6 Å². The molecular formula is C92H169NO13. The predicted octanol–water partition coefficient (Wildman–Crippen LogP) is 22.0. The van der Waals surface area contributed by atoms with Crippen LogP contribution >= 0.6 is 0 Å². The van der Waals surface area contributed by atoms with E-state index in [1.807, 2.05) is 6.08 Å². The zero-order valence-corrected chi connectivity index (χ0v) is 68.4. The lowest BCUT2D eigenvalue weighted by molar-refractivity contribution is -0.359. The van der Waals surface area contributed by atoms with Crippen LogP contribution in [-0.2, 0) is 23.7 Å². The molecule has 0 saturated carbocycles. The Morgan fingerprint density at radius 1 is 0.349 bits per heavy atom. The minimum absolute atomic E-state index is 0.231. The van der Waals surface area contributed by atoms with Gasteiger partial charge in [0, 0.05) is 6.42 Å². The van der Waals surface area contributed by atoms with Crippen LogP contribution < -0.4 is 5.32 Å². The van der Waals surface area contributed by atoms with Crippen molar-refractivity contribution in [2.75, 3.05) is 19.8 Å². The molecule has 0 radical (unpaired) electrons. The fourth-order valence-electron chi connectivity index (χ4n) is 14.9. The number of hydrogen-bond donors (Lipinski definition) is 9. The fraction of sp³-hybridized carbons (Fsp3) is 0.859. The molecule has 0 aromatic heterocycles. The van der Waals surface area contributed by atoms with Crippen molar-refractivity contribution in [3.05, 3.63) is 72.9 Å². The lowest BCUT2D eigenvalue weighted by Gasteiger charge is -2.46. The normalized spacial score (nSPS) is 21.6. The molecule has 2 heterocycles. The molecule has 0 aromatic carbocycles. The number of carbonyl (C=O) groups is 1. The second-order valence-corrected chi connectivity index (χ2v) is 31.7. The minimum Gasteiger partial charge on any atom is -0.394 e. The van der Waals surface area contributed by atoms with Crippen LogP contribution in [0.3, 0.4) is 0 Å². The van der Waals surface area contributed by atoms with Crippen molar-refractivity contribution in [1.29, 1.82) is 0 Å². The van der Waals surface area contributed by atoms with Gasteiger partial charge >= 0.3 is 0 Å². The highest BCUT2D eigenvalue weighted by molar-refractivity contribution is 5.76. The Kier molecular flexibility index (Phi) is 70.5. The number of amides is 1. The lowest BCUT2D eigenvalue weighted by Crippen LogP contribution is -2.65. The summed E-state index contributed by atoms with van der Waals surface area (Å²) in [6, 6.07) is -0.918. The van der Waals surface area contributed by atoms with Gasteiger partial charge in [-0.05, 0) is 64.2 Å². The summed E-state index contributed by atoms with van der Waals surface area (Å²) < 4.78 is 23.0. The van der Waals surface area contributed by atoms with Gasteiger partial charge in [-0.25, -0.2) is 0 Å². The molecule has 0 bridgehead atoms. The zero-order valence-electron chi connectivity index (χ0n) is 68.4. The van der Waals surface area contributed by atoms with Crippen molar-refractivity contribution in [1.82, 2.24) is 5.32 Å². The third-order valence-corrected chi connectivity index (χ3v) is 21.9. The van der Waals surface area contributed by atoms with E-state index >= 15 is 0 Å². The molecule has 620 valence electrons. The SMILES string of the molecule is CC/C=C\C/C=C\C/C=C\C/C=C\C/C=C\CCCCCCCCCCCCCCCCCCCCCCCCCC(=O)NC(COC1OC(CO)C(OC2OC(CO)C(O)C(O)C2O)C(O)C1O)C(O)/C=C/CCCCCCCCCCCCCCCCCCCCCCCCCCCCCCCCC. The summed E-state index contributed by atoms with van der Waals surface area (Å²) in [6.45, 7) is 2.75. The van der Waals surface area contributed by atoms with Gasteiger partial charge in [0.15, 0.2) is 12.6 Å². The van der Waals surface area contributed by atoms with Gasteiger partial charge in [0.1, 0.15) is 48.8 Å². The minimum atomic E-state index is -1.79. The maximum absolute atomic E-state index is 13.4. The van der Waals surface area contributed by atoms with Crippen molar-refractivity contribution in [2.24, 2.45) is 0 Å². The molecular weight excluding hydrogens is 1330 g/mol. The standard InChI is InChI=1S/C92H169NO13/c1-3-5-7-9-11-13-15-17-19-21-23-25-27-29-31-33-35-37-38-39-40-41-42-44-46-48-50-52-54-56-58-60-62-64-66-68-70-72-74-76-84(97)93-80(79-103-91-89(102)87(100)90(83(78-95)105-91)106-92-88(101)86(99)85(98)82(77-94)104-92)81(96)75-73-71-69-67-65-63-61-59-57-55-53-51-49-47-45-43-36-34-32-30-28-26-24-22-20-18-16-14-12-10-8-6-4-2/h5,7,11,13,17,19,23,25,29,31,73,75,80-83,85-92,94-96,98-102H,3-4,6,8-10,12,14-16,18,20-22,24,26-28,30,32-72,74,76-79H2,1-2H3,(H,93,97)/b7-5-,13-11-,19-17-,25-23-,31-29-,75-73+. The van der Waals surface area contributed by atoms with E-state index in [1.165, 1.54) is 315 Å². The highest BCUT2D eigenvalue weighted by atomic mass is 16.7. The number of aliphatic hydroxyl groups excluding tert-OH is 8. The maximum atomic E-state index is 13.4. The number of nitrogens with one attached hydrogen (secondary N) is 1. The molecule has 2 aliphatic rings. The number of unbranched alkanes of at least 4 members (excludes halogenated alkanes) is 54. The maximum Gasteiger partial charge on any atom is 0.220 e. The van der Waals surface area contributed by atoms with E-state index < -0.39 is 86.8 Å². The van der Waals surface area contributed by atoms with Crippen LogP contribution in [0.2, 0.25) is 0 Å². The first kappa shape index (κ1) is 99.5. The van der Waals surface area contributed by atoms with Gasteiger partial charge in [-0.15, -0.1) is 0 Å². The van der Waals surface area contributed by atoms with E-state index in [-0.39, 0.29) is 18.9 Å². The van der Waals surface area contributed by atoms with Crippen molar-refractivity contribution in [3.63, 3.8) is 0 Å². The first-order valence-electron chi connectivity index (χ1n) is 45.2. The first-order valence-corrected chi connectivity index (χ1v) is 45.2. The molecule has 1 amide bonds. The highest BCUT2D eigenvalue weighted by Gasteiger charge is 2.51. The smallest absolute Gasteiger partial charge is 0.220 e. The summed E-state index contributed by atoms with van der Waals surface area (Å²) in [5.41, 5.74) is 0. The quantitative estimate of drug-likeness (QED) is 0.0204. The molecule has 14 nitrogen and oxygen atoms in total. The molecule has 12 atom stereocenters.